The fraction of sp³-hybridized carbons (Fsp3) is 0.174. The van der Waals surface area contributed by atoms with Crippen molar-refractivity contribution in [3.05, 3.63) is 77.4 Å². The fourth-order valence-corrected chi connectivity index (χ4v) is 4.35. The van der Waals surface area contributed by atoms with Gasteiger partial charge in [-0.3, -0.25) is 5.32 Å². The van der Waals surface area contributed by atoms with E-state index in [4.69, 9.17) is 4.74 Å². The highest BCUT2D eigenvalue weighted by Gasteiger charge is 2.22. The van der Waals surface area contributed by atoms with Gasteiger partial charge in [0.25, 0.3) is 0 Å². The molecule has 0 saturated heterocycles. The van der Waals surface area contributed by atoms with Gasteiger partial charge in [-0.1, -0.05) is 24.3 Å². The standard InChI is InChI=1S/C23H20F2N2O5S/c1-33(30,31)13-26-11-20-19-10-17(25)7-8-21(19)27(22(20)32-23(28)29)12-15-4-2-3-14-5-6-16(24)9-18(14)15/h2-10,26H,11-13H2,1H3,(H,28,29). The van der Waals surface area contributed by atoms with E-state index in [0.717, 1.165) is 11.6 Å². The van der Waals surface area contributed by atoms with Gasteiger partial charge in [-0.05, 0) is 46.7 Å². The molecule has 0 atom stereocenters. The summed E-state index contributed by atoms with van der Waals surface area (Å²) < 4.78 is 57.7. The molecule has 2 N–H and O–H groups in total. The van der Waals surface area contributed by atoms with Crippen LogP contribution in [-0.4, -0.2) is 36.4 Å². The molecule has 0 bridgehead atoms. The van der Waals surface area contributed by atoms with E-state index >= 15 is 0 Å². The topological polar surface area (TPSA) is 97.6 Å². The van der Waals surface area contributed by atoms with Gasteiger partial charge in [-0.2, -0.15) is 0 Å². The largest absolute Gasteiger partial charge is 0.512 e. The zero-order valence-electron chi connectivity index (χ0n) is 17.5. The first kappa shape index (κ1) is 22.7. The number of rotatable bonds is 7. The number of aromatic nitrogens is 1. The number of nitrogens with one attached hydrogen (secondary N) is 1. The Morgan fingerprint density at radius 2 is 1.76 bits per heavy atom. The number of nitrogens with zero attached hydrogens (tertiary/aromatic N) is 1. The summed E-state index contributed by atoms with van der Waals surface area (Å²) in [5.41, 5.74) is 1.47. The van der Waals surface area contributed by atoms with Crippen molar-refractivity contribution in [3.8, 4) is 5.88 Å². The molecule has 3 aromatic carbocycles. The van der Waals surface area contributed by atoms with Crippen LogP contribution in [0.5, 0.6) is 5.88 Å². The number of hydrogen-bond donors (Lipinski definition) is 2. The highest BCUT2D eigenvalue weighted by molar-refractivity contribution is 7.90. The van der Waals surface area contributed by atoms with Gasteiger partial charge in [0.2, 0.25) is 5.88 Å². The molecule has 4 rings (SSSR count). The maximum Gasteiger partial charge on any atom is 0.512 e. The lowest BCUT2D eigenvalue weighted by Gasteiger charge is -2.13. The predicted molar refractivity (Wildman–Crippen MR) is 120 cm³/mol. The third kappa shape index (κ3) is 4.96. The summed E-state index contributed by atoms with van der Waals surface area (Å²) in [6, 6.07) is 13.8. The molecule has 0 aliphatic carbocycles. The third-order valence-corrected chi connectivity index (χ3v) is 5.92. The lowest BCUT2D eigenvalue weighted by molar-refractivity contribution is 0.140. The van der Waals surface area contributed by atoms with Crippen LogP contribution in [0.1, 0.15) is 11.1 Å². The molecule has 172 valence electrons. The Labute approximate surface area is 188 Å². The summed E-state index contributed by atoms with van der Waals surface area (Å²) in [5, 5.41) is 13.9. The first-order valence-corrected chi connectivity index (χ1v) is 12.0. The summed E-state index contributed by atoms with van der Waals surface area (Å²) >= 11 is 0. The van der Waals surface area contributed by atoms with Crippen LogP contribution in [0.3, 0.4) is 0 Å². The van der Waals surface area contributed by atoms with E-state index in [0.29, 0.717) is 27.4 Å². The smallest absolute Gasteiger partial charge is 0.449 e. The second-order valence-electron chi connectivity index (χ2n) is 7.68. The van der Waals surface area contributed by atoms with Crippen molar-refractivity contribution in [3.63, 3.8) is 0 Å². The molecule has 4 aromatic rings. The zero-order valence-corrected chi connectivity index (χ0v) is 18.3. The first-order valence-electron chi connectivity index (χ1n) is 9.89. The molecule has 0 amide bonds. The molecule has 1 heterocycles. The molecule has 0 unspecified atom stereocenters. The second-order valence-corrected chi connectivity index (χ2v) is 9.82. The third-order valence-electron chi connectivity index (χ3n) is 5.19. The van der Waals surface area contributed by atoms with E-state index in [-0.39, 0.29) is 24.8 Å². The van der Waals surface area contributed by atoms with Crippen LogP contribution in [0.25, 0.3) is 21.7 Å². The van der Waals surface area contributed by atoms with Gasteiger partial charge in [0.15, 0.2) is 9.84 Å². The van der Waals surface area contributed by atoms with Crippen LogP contribution >= 0.6 is 0 Å². The van der Waals surface area contributed by atoms with Crippen molar-refractivity contribution in [2.45, 2.75) is 13.1 Å². The van der Waals surface area contributed by atoms with Gasteiger partial charge in [0, 0.05) is 23.8 Å². The van der Waals surface area contributed by atoms with E-state index in [9.17, 15) is 27.1 Å². The SMILES string of the molecule is CS(=O)(=O)CNCc1c(OC(=O)O)n(Cc2cccc3ccc(F)cc23)c2ccc(F)cc12. The molecule has 0 aliphatic rings. The second kappa shape index (κ2) is 8.80. The Kier molecular flexibility index (Phi) is 6.05. The normalized spacial score (nSPS) is 11.8. The van der Waals surface area contributed by atoms with Crippen LogP contribution in [-0.2, 0) is 22.9 Å². The van der Waals surface area contributed by atoms with E-state index in [1.807, 2.05) is 6.07 Å². The molecule has 0 aliphatic heterocycles. The van der Waals surface area contributed by atoms with E-state index < -0.39 is 27.6 Å². The van der Waals surface area contributed by atoms with Gasteiger partial charge < -0.3 is 14.4 Å². The zero-order chi connectivity index (χ0) is 23.8. The number of sulfone groups is 1. The number of ether oxygens (including phenoxy) is 1. The summed E-state index contributed by atoms with van der Waals surface area (Å²) in [7, 11) is -3.35. The van der Waals surface area contributed by atoms with Crippen LogP contribution in [0.15, 0.2) is 54.6 Å². The minimum Gasteiger partial charge on any atom is -0.449 e. The minimum absolute atomic E-state index is 0.0718. The van der Waals surface area contributed by atoms with Crippen molar-refractivity contribution in [2.24, 2.45) is 0 Å². The Bertz CT molecular complexity index is 1480. The van der Waals surface area contributed by atoms with E-state index in [1.54, 1.807) is 22.8 Å². The molecule has 0 fully saturated rings. The summed E-state index contributed by atoms with van der Waals surface area (Å²) in [6.07, 6.45) is -0.523. The lowest BCUT2D eigenvalue weighted by atomic mass is 10.0. The monoisotopic (exact) mass is 474 g/mol. The van der Waals surface area contributed by atoms with E-state index in [2.05, 4.69) is 5.32 Å². The average molecular weight is 474 g/mol. The Morgan fingerprint density at radius 1 is 1.06 bits per heavy atom. The fourth-order valence-electron chi connectivity index (χ4n) is 3.88. The number of benzene rings is 3. The summed E-state index contributed by atoms with van der Waals surface area (Å²) in [6.45, 7) is 0.0322. The van der Waals surface area contributed by atoms with Crippen molar-refractivity contribution in [2.75, 3.05) is 12.1 Å². The van der Waals surface area contributed by atoms with Crippen molar-refractivity contribution in [1.82, 2.24) is 9.88 Å². The molecular formula is C23H20F2N2O5S. The number of hydrogen-bond acceptors (Lipinski definition) is 5. The van der Waals surface area contributed by atoms with Crippen LogP contribution in [0.2, 0.25) is 0 Å². The molecule has 33 heavy (non-hydrogen) atoms. The Hall–Kier alpha value is -3.50. The molecule has 0 spiro atoms. The van der Waals surface area contributed by atoms with Crippen molar-refractivity contribution >= 4 is 37.7 Å². The molecule has 1 aromatic heterocycles. The summed E-state index contributed by atoms with van der Waals surface area (Å²) in [5.74, 6) is -1.39. The van der Waals surface area contributed by atoms with E-state index in [1.165, 1.54) is 30.3 Å². The lowest BCUT2D eigenvalue weighted by Crippen LogP contribution is -2.22. The Balaban J connectivity index is 1.88. The maximum absolute atomic E-state index is 14.1. The number of carboxylic acid groups (broad SMARTS) is 1. The van der Waals surface area contributed by atoms with Crippen molar-refractivity contribution < 1.29 is 31.8 Å². The van der Waals surface area contributed by atoms with Gasteiger partial charge in [0.05, 0.1) is 17.9 Å². The Morgan fingerprint density at radius 3 is 2.45 bits per heavy atom. The number of carbonyl (C=O) groups is 1. The van der Waals surface area contributed by atoms with Crippen LogP contribution in [0, 0.1) is 11.6 Å². The van der Waals surface area contributed by atoms with Crippen molar-refractivity contribution in [1.29, 1.82) is 0 Å². The highest BCUT2D eigenvalue weighted by atomic mass is 32.2. The quantitative estimate of drug-likeness (QED) is 0.388. The molecule has 0 radical (unpaired) electrons. The van der Waals surface area contributed by atoms with Crippen LogP contribution in [0.4, 0.5) is 13.6 Å². The average Bonchev–Trinajstić information content (AvgIpc) is 2.99. The molecular weight excluding hydrogens is 454 g/mol. The van der Waals surface area contributed by atoms with Gasteiger partial charge >= 0.3 is 6.16 Å². The van der Waals surface area contributed by atoms with Gasteiger partial charge in [-0.25, -0.2) is 22.0 Å². The number of halogens is 2. The maximum atomic E-state index is 14.1. The molecule has 7 nitrogen and oxygen atoms in total. The molecule has 0 saturated carbocycles. The van der Waals surface area contributed by atoms with Gasteiger partial charge in [0.1, 0.15) is 11.6 Å². The predicted octanol–water partition coefficient (Wildman–Crippen LogP) is 4.27. The number of fused-ring (bicyclic) bond motifs is 2. The molecule has 10 heteroatoms. The van der Waals surface area contributed by atoms with Crippen LogP contribution < -0.4 is 10.1 Å². The van der Waals surface area contributed by atoms with Gasteiger partial charge in [-0.15, -0.1) is 0 Å². The first-order chi connectivity index (χ1) is 15.6. The summed E-state index contributed by atoms with van der Waals surface area (Å²) in [4.78, 5) is 11.5. The minimum atomic E-state index is -3.35. The highest BCUT2D eigenvalue weighted by Crippen LogP contribution is 2.35.